The zero-order valence-corrected chi connectivity index (χ0v) is 12.1. The van der Waals surface area contributed by atoms with Gasteiger partial charge in [-0.1, -0.05) is 0 Å². The van der Waals surface area contributed by atoms with Crippen molar-refractivity contribution in [3.05, 3.63) is 47.2 Å². The Bertz CT molecular complexity index is 765. The van der Waals surface area contributed by atoms with Gasteiger partial charge in [-0.05, 0) is 18.2 Å². The lowest BCUT2D eigenvalue weighted by atomic mass is 10.2. The Balaban J connectivity index is 1.74. The molecule has 6 nitrogen and oxygen atoms in total. The number of nitrogen functional groups attached to an aromatic ring is 1. The largest absolute Gasteiger partial charge is 0.496 e. The molecule has 0 aliphatic heterocycles. The number of nitrogens with two attached hydrogens (primary N) is 1. The molecule has 0 atom stereocenters. The van der Waals surface area contributed by atoms with Crippen LogP contribution in [0.15, 0.2) is 36.0 Å². The molecule has 108 valence electrons. The fourth-order valence-electron chi connectivity index (χ4n) is 1.95. The van der Waals surface area contributed by atoms with E-state index in [-0.39, 0.29) is 6.61 Å². The van der Waals surface area contributed by atoms with Crippen LogP contribution in [0.3, 0.4) is 0 Å². The summed E-state index contributed by atoms with van der Waals surface area (Å²) in [5, 5.41) is 1.94. The zero-order valence-electron chi connectivity index (χ0n) is 11.3. The number of methoxy groups -OCH3 is 1. The van der Waals surface area contributed by atoms with E-state index >= 15 is 0 Å². The monoisotopic (exact) mass is 303 g/mol. The summed E-state index contributed by atoms with van der Waals surface area (Å²) in [4.78, 5) is 17.3. The highest BCUT2D eigenvalue weighted by atomic mass is 32.1. The Morgan fingerprint density at radius 2 is 2.33 bits per heavy atom. The molecule has 1 aromatic carbocycles. The second kappa shape index (κ2) is 5.45. The summed E-state index contributed by atoms with van der Waals surface area (Å²) in [5.74, 6) is -0.0597. The standard InChI is InChI=1S/C14H13N3O3S/c1-19-12-3-2-9(15)6-11(12)13(18)20-8-10-7-17-4-5-21-14(17)16-10/h2-7H,8,15H2,1H3. The number of ether oxygens (including phenoxy) is 2. The lowest BCUT2D eigenvalue weighted by molar-refractivity contribution is 0.0465. The van der Waals surface area contributed by atoms with Crippen LogP contribution in [0.25, 0.3) is 4.96 Å². The normalized spacial score (nSPS) is 10.7. The number of carbonyl (C=O) groups is 1. The molecule has 2 heterocycles. The highest BCUT2D eigenvalue weighted by Crippen LogP contribution is 2.22. The third kappa shape index (κ3) is 2.68. The number of esters is 1. The quantitative estimate of drug-likeness (QED) is 0.591. The number of hydrogen-bond donors (Lipinski definition) is 1. The molecule has 0 radical (unpaired) electrons. The van der Waals surface area contributed by atoms with E-state index < -0.39 is 5.97 Å². The SMILES string of the molecule is COc1ccc(N)cc1C(=O)OCc1cn2ccsc2n1. The number of fused-ring (bicyclic) bond motifs is 1. The van der Waals surface area contributed by atoms with E-state index in [1.807, 2.05) is 22.2 Å². The molecule has 0 saturated heterocycles. The minimum atomic E-state index is -0.490. The Labute approximate surface area is 124 Å². The van der Waals surface area contributed by atoms with Crippen LogP contribution in [0.1, 0.15) is 16.1 Å². The minimum absolute atomic E-state index is 0.102. The van der Waals surface area contributed by atoms with Gasteiger partial charge in [-0.15, -0.1) is 11.3 Å². The van der Waals surface area contributed by atoms with Crippen LogP contribution in [-0.2, 0) is 11.3 Å². The van der Waals surface area contributed by atoms with Gasteiger partial charge >= 0.3 is 5.97 Å². The van der Waals surface area contributed by atoms with E-state index in [0.717, 1.165) is 4.96 Å². The molecule has 3 rings (SSSR count). The Morgan fingerprint density at radius 3 is 3.10 bits per heavy atom. The Kier molecular flexibility index (Phi) is 3.49. The fraction of sp³-hybridized carbons (Fsp3) is 0.143. The average molecular weight is 303 g/mol. The second-order valence-corrected chi connectivity index (χ2v) is 5.23. The van der Waals surface area contributed by atoms with E-state index in [4.69, 9.17) is 15.2 Å². The van der Waals surface area contributed by atoms with Crippen molar-refractivity contribution in [2.45, 2.75) is 6.61 Å². The number of anilines is 1. The summed E-state index contributed by atoms with van der Waals surface area (Å²) in [6, 6.07) is 4.84. The number of thiazole rings is 1. The predicted octanol–water partition coefficient (Wildman–Crippen LogP) is 2.34. The molecule has 2 aromatic heterocycles. The lowest BCUT2D eigenvalue weighted by Crippen LogP contribution is -2.08. The van der Waals surface area contributed by atoms with Crippen molar-refractivity contribution in [1.82, 2.24) is 9.38 Å². The maximum absolute atomic E-state index is 12.1. The molecule has 0 saturated carbocycles. The number of imidazole rings is 1. The molecular weight excluding hydrogens is 290 g/mol. The predicted molar refractivity (Wildman–Crippen MR) is 79.6 cm³/mol. The van der Waals surface area contributed by atoms with E-state index in [1.54, 1.807) is 12.1 Å². The molecule has 3 aromatic rings. The fourth-order valence-corrected chi connectivity index (χ4v) is 2.67. The third-order valence-electron chi connectivity index (χ3n) is 2.94. The first kappa shape index (κ1) is 13.4. The molecule has 0 bridgehead atoms. The summed E-state index contributed by atoms with van der Waals surface area (Å²) in [5.41, 5.74) is 7.16. The van der Waals surface area contributed by atoms with Gasteiger partial charge in [-0.2, -0.15) is 0 Å². The molecule has 0 spiro atoms. The van der Waals surface area contributed by atoms with E-state index in [9.17, 15) is 4.79 Å². The van der Waals surface area contributed by atoms with Crippen molar-refractivity contribution in [2.75, 3.05) is 12.8 Å². The molecule has 2 N–H and O–H groups in total. The Morgan fingerprint density at radius 1 is 1.48 bits per heavy atom. The van der Waals surface area contributed by atoms with E-state index in [0.29, 0.717) is 22.7 Å². The van der Waals surface area contributed by atoms with Gasteiger partial charge in [0.1, 0.15) is 17.9 Å². The van der Waals surface area contributed by atoms with Gasteiger partial charge < -0.3 is 15.2 Å². The molecule has 21 heavy (non-hydrogen) atoms. The van der Waals surface area contributed by atoms with Crippen molar-refractivity contribution < 1.29 is 14.3 Å². The second-order valence-electron chi connectivity index (χ2n) is 4.36. The van der Waals surface area contributed by atoms with Gasteiger partial charge in [0.2, 0.25) is 0 Å². The van der Waals surface area contributed by atoms with Crippen molar-refractivity contribution in [2.24, 2.45) is 0 Å². The van der Waals surface area contributed by atoms with E-state index in [1.165, 1.54) is 24.5 Å². The number of rotatable bonds is 4. The summed E-state index contributed by atoms with van der Waals surface area (Å²) in [6.45, 7) is 0.102. The maximum atomic E-state index is 12.1. The minimum Gasteiger partial charge on any atom is -0.496 e. The van der Waals surface area contributed by atoms with Crippen LogP contribution in [0.5, 0.6) is 5.75 Å². The van der Waals surface area contributed by atoms with Gasteiger partial charge in [-0.25, -0.2) is 9.78 Å². The molecule has 7 heteroatoms. The molecule has 0 unspecified atom stereocenters. The summed E-state index contributed by atoms with van der Waals surface area (Å²) in [6.07, 6.45) is 3.73. The number of benzene rings is 1. The molecule has 0 fully saturated rings. The summed E-state index contributed by atoms with van der Waals surface area (Å²) >= 11 is 1.52. The molecule has 0 aliphatic rings. The first-order chi connectivity index (χ1) is 10.2. The number of aromatic nitrogens is 2. The topological polar surface area (TPSA) is 78.8 Å². The highest BCUT2D eigenvalue weighted by Gasteiger charge is 2.15. The number of carbonyl (C=O) groups excluding carboxylic acids is 1. The highest BCUT2D eigenvalue weighted by molar-refractivity contribution is 7.15. The number of hydrogen-bond acceptors (Lipinski definition) is 6. The van der Waals surface area contributed by atoms with Gasteiger partial charge in [0.05, 0.1) is 12.8 Å². The summed E-state index contributed by atoms with van der Waals surface area (Å²) in [7, 11) is 1.49. The van der Waals surface area contributed by atoms with Crippen LogP contribution in [0.2, 0.25) is 0 Å². The third-order valence-corrected chi connectivity index (χ3v) is 3.71. The van der Waals surface area contributed by atoms with Crippen molar-refractivity contribution in [1.29, 1.82) is 0 Å². The van der Waals surface area contributed by atoms with Gasteiger partial charge in [0.15, 0.2) is 4.96 Å². The maximum Gasteiger partial charge on any atom is 0.342 e. The number of nitrogens with zero attached hydrogens (tertiary/aromatic N) is 2. The molecular formula is C14H13N3O3S. The average Bonchev–Trinajstić information content (AvgIpc) is 3.05. The van der Waals surface area contributed by atoms with Crippen LogP contribution in [0.4, 0.5) is 5.69 Å². The zero-order chi connectivity index (χ0) is 14.8. The molecule has 0 aliphatic carbocycles. The van der Waals surface area contributed by atoms with Gasteiger partial charge in [0.25, 0.3) is 0 Å². The van der Waals surface area contributed by atoms with Crippen molar-refractivity contribution >= 4 is 28.0 Å². The van der Waals surface area contributed by atoms with E-state index in [2.05, 4.69) is 4.98 Å². The van der Waals surface area contributed by atoms with Crippen LogP contribution >= 0.6 is 11.3 Å². The van der Waals surface area contributed by atoms with Crippen LogP contribution < -0.4 is 10.5 Å². The van der Waals surface area contributed by atoms with Crippen molar-refractivity contribution in [3.63, 3.8) is 0 Å². The Hall–Kier alpha value is -2.54. The van der Waals surface area contributed by atoms with Crippen LogP contribution in [-0.4, -0.2) is 22.5 Å². The smallest absolute Gasteiger partial charge is 0.342 e. The molecule has 0 amide bonds. The summed E-state index contributed by atoms with van der Waals surface area (Å²) < 4.78 is 12.3. The van der Waals surface area contributed by atoms with Gasteiger partial charge in [0, 0.05) is 23.5 Å². The first-order valence-electron chi connectivity index (χ1n) is 6.19. The van der Waals surface area contributed by atoms with Crippen LogP contribution in [0, 0.1) is 0 Å². The van der Waals surface area contributed by atoms with Crippen molar-refractivity contribution in [3.8, 4) is 5.75 Å². The van der Waals surface area contributed by atoms with Gasteiger partial charge in [-0.3, -0.25) is 4.40 Å². The lowest BCUT2D eigenvalue weighted by Gasteiger charge is -2.08. The first-order valence-corrected chi connectivity index (χ1v) is 7.07.